The maximum Gasteiger partial charge on any atom is 0.253 e. The summed E-state index contributed by atoms with van der Waals surface area (Å²) in [5.74, 6) is 1.54. The lowest BCUT2D eigenvalue weighted by Gasteiger charge is -2.33. The van der Waals surface area contributed by atoms with Crippen LogP contribution in [0, 0.1) is 0 Å². The van der Waals surface area contributed by atoms with Crippen LogP contribution < -0.4 is 10.2 Å². The van der Waals surface area contributed by atoms with Crippen molar-refractivity contribution in [2.24, 2.45) is 0 Å². The molecule has 26 heavy (non-hydrogen) atoms. The predicted molar refractivity (Wildman–Crippen MR) is 98.3 cm³/mol. The Bertz CT molecular complexity index is 848. The molecule has 0 aliphatic carbocycles. The number of rotatable bonds is 4. The largest absolute Gasteiger partial charge is 0.355 e. The van der Waals surface area contributed by atoms with Crippen molar-refractivity contribution in [2.45, 2.75) is 18.9 Å². The lowest BCUT2D eigenvalue weighted by molar-refractivity contribution is 0.0932. The number of anilines is 1. The zero-order chi connectivity index (χ0) is 17.8. The monoisotopic (exact) mass is 348 g/mol. The number of nitrogens with one attached hydrogen (secondary N) is 1. The highest BCUT2D eigenvalue weighted by Gasteiger charge is 2.22. The van der Waals surface area contributed by atoms with Crippen LogP contribution in [0.2, 0.25) is 0 Å². The molecule has 4 rings (SSSR count). The minimum atomic E-state index is -0.0996. The van der Waals surface area contributed by atoms with Crippen molar-refractivity contribution < 1.29 is 4.79 Å². The van der Waals surface area contributed by atoms with Crippen LogP contribution in [0.4, 0.5) is 5.82 Å². The summed E-state index contributed by atoms with van der Waals surface area (Å²) in [5.41, 5.74) is 0.552. The third kappa shape index (κ3) is 3.56. The first kappa shape index (κ1) is 16.3. The topological polar surface area (TPSA) is 75.9 Å². The molecule has 3 aromatic heterocycles. The lowest BCUT2D eigenvalue weighted by atomic mass is 10.1. The van der Waals surface area contributed by atoms with Crippen LogP contribution >= 0.6 is 0 Å². The number of nitrogens with zero attached hydrogens (tertiary/aromatic N) is 5. The third-order valence-corrected chi connectivity index (χ3v) is 4.48. The van der Waals surface area contributed by atoms with Gasteiger partial charge in [-0.15, -0.1) is 0 Å². The number of aromatic nitrogens is 4. The number of carbonyl (C=O) groups excluding carboxylic acids is 1. The standard InChI is InChI=1S/C19H20N6O/c26-19(15-7-8-18(21-13-15)25-12-4-10-22-25)23-16-5-3-11-24(14-16)17-6-1-2-9-20-17/h1-2,4,6-10,12-13,16H,3,5,11,14H2,(H,23,26)/t16-/m1/s1. The third-order valence-electron chi connectivity index (χ3n) is 4.48. The Morgan fingerprint density at radius 2 is 2.04 bits per heavy atom. The zero-order valence-corrected chi connectivity index (χ0v) is 14.3. The smallest absolute Gasteiger partial charge is 0.253 e. The van der Waals surface area contributed by atoms with Gasteiger partial charge in [-0.1, -0.05) is 6.07 Å². The number of piperidine rings is 1. The molecule has 1 aliphatic rings. The molecule has 7 nitrogen and oxygen atoms in total. The van der Waals surface area contributed by atoms with Crippen molar-refractivity contribution in [3.05, 3.63) is 66.7 Å². The first-order chi connectivity index (χ1) is 12.8. The molecule has 0 unspecified atom stereocenters. The molecule has 132 valence electrons. The highest BCUT2D eigenvalue weighted by Crippen LogP contribution is 2.17. The van der Waals surface area contributed by atoms with Gasteiger partial charge in [-0.25, -0.2) is 14.6 Å². The van der Waals surface area contributed by atoms with E-state index in [0.717, 1.165) is 31.7 Å². The van der Waals surface area contributed by atoms with E-state index in [1.165, 1.54) is 0 Å². The molecule has 0 radical (unpaired) electrons. The maximum absolute atomic E-state index is 12.5. The molecule has 1 N–H and O–H groups in total. The second kappa shape index (κ2) is 7.35. The average molecular weight is 348 g/mol. The van der Waals surface area contributed by atoms with E-state index in [2.05, 4.69) is 25.3 Å². The van der Waals surface area contributed by atoms with Gasteiger partial charge in [-0.05, 0) is 43.2 Å². The second-order valence-corrected chi connectivity index (χ2v) is 6.30. The van der Waals surface area contributed by atoms with Crippen molar-refractivity contribution in [1.29, 1.82) is 0 Å². The molecule has 4 heterocycles. The van der Waals surface area contributed by atoms with E-state index in [0.29, 0.717) is 11.4 Å². The Morgan fingerprint density at radius 3 is 2.77 bits per heavy atom. The number of pyridine rings is 2. The molecule has 7 heteroatoms. The molecule has 1 atom stereocenters. The van der Waals surface area contributed by atoms with E-state index in [-0.39, 0.29) is 11.9 Å². The van der Waals surface area contributed by atoms with E-state index in [9.17, 15) is 4.79 Å². The fourth-order valence-corrected chi connectivity index (χ4v) is 3.17. The Labute approximate surface area is 151 Å². The van der Waals surface area contributed by atoms with E-state index >= 15 is 0 Å². The first-order valence-electron chi connectivity index (χ1n) is 8.72. The number of amides is 1. The Morgan fingerprint density at radius 1 is 1.08 bits per heavy atom. The Kier molecular flexibility index (Phi) is 4.59. The summed E-state index contributed by atoms with van der Waals surface area (Å²) in [6, 6.07) is 11.4. The molecule has 1 saturated heterocycles. The SMILES string of the molecule is O=C(N[C@@H]1CCCN(c2ccccn2)C1)c1ccc(-n2cccn2)nc1. The van der Waals surface area contributed by atoms with Gasteiger partial charge in [0.25, 0.3) is 5.91 Å². The van der Waals surface area contributed by atoms with Crippen molar-refractivity contribution >= 4 is 11.7 Å². The molecule has 1 fully saturated rings. The van der Waals surface area contributed by atoms with Crippen molar-refractivity contribution in [1.82, 2.24) is 25.1 Å². The maximum atomic E-state index is 12.5. The van der Waals surface area contributed by atoms with E-state index in [1.54, 1.807) is 35.4 Å². The van der Waals surface area contributed by atoms with Crippen LogP contribution in [-0.2, 0) is 0 Å². The molecule has 1 amide bonds. The fourth-order valence-electron chi connectivity index (χ4n) is 3.17. The molecule has 0 bridgehead atoms. The quantitative estimate of drug-likeness (QED) is 0.781. The van der Waals surface area contributed by atoms with Crippen LogP contribution in [0.1, 0.15) is 23.2 Å². The normalized spacial score (nSPS) is 17.1. The van der Waals surface area contributed by atoms with Crippen LogP contribution in [0.5, 0.6) is 0 Å². The minimum absolute atomic E-state index is 0.0996. The zero-order valence-electron chi connectivity index (χ0n) is 14.3. The highest BCUT2D eigenvalue weighted by atomic mass is 16.1. The van der Waals surface area contributed by atoms with Crippen molar-refractivity contribution in [2.75, 3.05) is 18.0 Å². The van der Waals surface area contributed by atoms with Gasteiger partial charge in [0.15, 0.2) is 5.82 Å². The molecule has 0 aromatic carbocycles. The van der Waals surface area contributed by atoms with Crippen LogP contribution in [-0.4, -0.2) is 44.8 Å². The molecular weight excluding hydrogens is 328 g/mol. The fraction of sp³-hybridized carbons (Fsp3) is 0.263. The number of carbonyl (C=O) groups is 1. The van der Waals surface area contributed by atoms with Gasteiger partial charge in [-0.2, -0.15) is 5.10 Å². The molecule has 0 spiro atoms. The molecule has 0 saturated carbocycles. The van der Waals surface area contributed by atoms with E-state index in [1.807, 2.05) is 30.5 Å². The minimum Gasteiger partial charge on any atom is -0.355 e. The summed E-state index contributed by atoms with van der Waals surface area (Å²) in [4.78, 5) is 23.5. The van der Waals surface area contributed by atoms with Crippen molar-refractivity contribution in [3.8, 4) is 5.82 Å². The van der Waals surface area contributed by atoms with E-state index in [4.69, 9.17) is 0 Å². The number of hydrogen-bond acceptors (Lipinski definition) is 5. The van der Waals surface area contributed by atoms with Gasteiger partial charge in [0.1, 0.15) is 5.82 Å². The lowest BCUT2D eigenvalue weighted by Crippen LogP contribution is -2.48. The summed E-state index contributed by atoms with van der Waals surface area (Å²) >= 11 is 0. The van der Waals surface area contributed by atoms with Gasteiger partial charge in [0.05, 0.1) is 5.56 Å². The predicted octanol–water partition coefficient (Wildman–Crippen LogP) is 2.06. The summed E-state index contributed by atoms with van der Waals surface area (Å²) in [5, 5.41) is 7.25. The van der Waals surface area contributed by atoms with Gasteiger partial charge in [-0.3, -0.25) is 4.79 Å². The molecule has 1 aliphatic heterocycles. The van der Waals surface area contributed by atoms with Crippen molar-refractivity contribution in [3.63, 3.8) is 0 Å². The summed E-state index contributed by atoms with van der Waals surface area (Å²) in [7, 11) is 0. The van der Waals surface area contributed by atoms with Gasteiger partial charge >= 0.3 is 0 Å². The first-order valence-corrected chi connectivity index (χ1v) is 8.72. The summed E-state index contributed by atoms with van der Waals surface area (Å²) in [6.07, 6.45) is 8.89. The van der Waals surface area contributed by atoms with Gasteiger partial charge < -0.3 is 10.2 Å². The van der Waals surface area contributed by atoms with Crippen LogP contribution in [0.25, 0.3) is 5.82 Å². The second-order valence-electron chi connectivity index (χ2n) is 6.30. The summed E-state index contributed by atoms with van der Waals surface area (Å²) < 4.78 is 1.66. The molecular formula is C19H20N6O. The summed E-state index contributed by atoms with van der Waals surface area (Å²) in [6.45, 7) is 1.73. The van der Waals surface area contributed by atoms with Gasteiger partial charge in [0.2, 0.25) is 0 Å². The van der Waals surface area contributed by atoms with E-state index < -0.39 is 0 Å². The molecule has 3 aromatic rings. The highest BCUT2D eigenvalue weighted by molar-refractivity contribution is 5.94. The Balaban J connectivity index is 1.39. The van der Waals surface area contributed by atoms with Crippen LogP contribution in [0.3, 0.4) is 0 Å². The number of hydrogen-bond donors (Lipinski definition) is 1. The van der Waals surface area contributed by atoms with Crippen LogP contribution in [0.15, 0.2) is 61.2 Å². The average Bonchev–Trinajstić information content (AvgIpc) is 3.24. The van der Waals surface area contributed by atoms with Gasteiger partial charge in [0, 0.05) is 43.9 Å². The Hall–Kier alpha value is -3.22.